The fourth-order valence-corrected chi connectivity index (χ4v) is 10.1. The minimum Gasteiger partial charge on any atom is -0.465 e. The molecule has 3 unspecified atom stereocenters. The molecular formula is C29H37BrN2O5S. The van der Waals surface area contributed by atoms with Gasteiger partial charge in [0.05, 0.1) is 35.8 Å². The van der Waals surface area contributed by atoms with Gasteiger partial charge in [0.25, 0.3) is 5.91 Å². The van der Waals surface area contributed by atoms with Crippen LogP contribution in [-0.4, -0.2) is 74.5 Å². The molecule has 3 aliphatic rings. The van der Waals surface area contributed by atoms with Crippen LogP contribution in [0.15, 0.2) is 43.5 Å². The number of unbranched alkanes of at least 4 members (excludes halogenated alkanes) is 1. The van der Waals surface area contributed by atoms with E-state index < -0.39 is 34.6 Å². The van der Waals surface area contributed by atoms with Crippen molar-refractivity contribution < 1.29 is 24.2 Å². The normalized spacial score (nSPS) is 30.2. The lowest BCUT2D eigenvalue weighted by Crippen LogP contribution is -2.57. The zero-order valence-corrected chi connectivity index (χ0v) is 24.7. The van der Waals surface area contributed by atoms with Gasteiger partial charge in [0.15, 0.2) is 0 Å². The number of aliphatic hydroxyl groups is 1. The molecule has 1 N–H and O–H groups in total. The zero-order valence-electron chi connectivity index (χ0n) is 22.3. The number of thioether (sulfide) groups is 1. The van der Waals surface area contributed by atoms with Crippen LogP contribution in [0.3, 0.4) is 0 Å². The van der Waals surface area contributed by atoms with Crippen LogP contribution in [-0.2, 0) is 19.1 Å². The average molecular weight is 606 g/mol. The molecule has 1 aromatic carbocycles. The third kappa shape index (κ3) is 4.64. The molecule has 4 rings (SSSR count). The quantitative estimate of drug-likeness (QED) is 0.176. The van der Waals surface area contributed by atoms with Crippen LogP contribution in [0.4, 0.5) is 5.69 Å². The molecule has 7 nitrogen and oxygen atoms in total. The Bertz CT molecular complexity index is 1110. The number of carbonyl (C=O) groups excluding carboxylic acids is 3. The number of ether oxygens (including phenoxy) is 1. The SMILES string of the molecule is C=CCCCOC(=O)[C@H]1[C@@H]2SC3(CC2Br)C(C(=O)N(CC=C)c2c(C)cccc2C)N([C@H](C)CO)C(=O)[C@H]13. The predicted octanol–water partition coefficient (Wildman–Crippen LogP) is 4.18. The number of anilines is 1. The van der Waals surface area contributed by atoms with Gasteiger partial charge in [-0.2, -0.15) is 0 Å². The maximum absolute atomic E-state index is 14.6. The molecule has 2 bridgehead atoms. The number of esters is 1. The molecule has 3 heterocycles. The number of rotatable bonds is 11. The summed E-state index contributed by atoms with van der Waals surface area (Å²) >= 11 is 5.34. The molecule has 206 valence electrons. The summed E-state index contributed by atoms with van der Waals surface area (Å²) in [5.74, 6) is -2.21. The van der Waals surface area contributed by atoms with Gasteiger partial charge in [-0.15, -0.1) is 24.9 Å². The van der Waals surface area contributed by atoms with Crippen molar-refractivity contribution in [1.82, 2.24) is 4.90 Å². The summed E-state index contributed by atoms with van der Waals surface area (Å²) in [5, 5.41) is 9.96. The molecule has 38 heavy (non-hydrogen) atoms. The van der Waals surface area contributed by atoms with Gasteiger partial charge >= 0.3 is 5.97 Å². The number of alkyl halides is 1. The lowest BCUT2D eigenvalue weighted by Gasteiger charge is -2.39. The summed E-state index contributed by atoms with van der Waals surface area (Å²) < 4.78 is 4.83. The van der Waals surface area contributed by atoms with E-state index >= 15 is 0 Å². The Morgan fingerprint density at radius 1 is 1.32 bits per heavy atom. The number of hydrogen-bond donors (Lipinski definition) is 1. The van der Waals surface area contributed by atoms with Crippen LogP contribution >= 0.6 is 27.7 Å². The molecule has 3 saturated heterocycles. The first-order chi connectivity index (χ1) is 18.1. The van der Waals surface area contributed by atoms with Crippen LogP contribution in [0.1, 0.15) is 37.3 Å². The Kier molecular flexibility index (Phi) is 8.79. The van der Waals surface area contributed by atoms with E-state index in [1.807, 2.05) is 32.0 Å². The van der Waals surface area contributed by atoms with Crippen molar-refractivity contribution in [3.05, 3.63) is 54.6 Å². The second-order valence-corrected chi connectivity index (χ2v) is 13.2. The largest absolute Gasteiger partial charge is 0.465 e. The van der Waals surface area contributed by atoms with E-state index in [4.69, 9.17) is 4.74 Å². The lowest BCUT2D eigenvalue weighted by atomic mass is 9.71. The van der Waals surface area contributed by atoms with Crippen molar-refractivity contribution in [3.63, 3.8) is 0 Å². The number of halogens is 1. The second kappa shape index (κ2) is 11.6. The van der Waals surface area contributed by atoms with Crippen LogP contribution in [0, 0.1) is 25.7 Å². The van der Waals surface area contributed by atoms with Crippen LogP contribution in [0.25, 0.3) is 0 Å². The molecular weight excluding hydrogens is 568 g/mol. The molecule has 2 amide bonds. The van der Waals surface area contributed by atoms with E-state index in [1.54, 1.807) is 40.6 Å². The topological polar surface area (TPSA) is 87.2 Å². The molecule has 0 aromatic heterocycles. The number of aryl methyl sites for hydroxylation is 2. The van der Waals surface area contributed by atoms with Gasteiger partial charge < -0.3 is 19.6 Å². The second-order valence-electron chi connectivity index (χ2n) is 10.5. The highest BCUT2D eigenvalue weighted by molar-refractivity contribution is 9.09. The number of para-hydroxylation sites is 1. The Balaban J connectivity index is 1.78. The maximum Gasteiger partial charge on any atom is 0.310 e. The Morgan fingerprint density at radius 2 is 2.00 bits per heavy atom. The molecule has 0 saturated carbocycles. The number of allylic oxidation sites excluding steroid dienone is 1. The molecule has 0 radical (unpaired) electrons. The van der Waals surface area contributed by atoms with Crippen molar-refractivity contribution in [1.29, 1.82) is 0 Å². The molecule has 9 heteroatoms. The van der Waals surface area contributed by atoms with Gasteiger partial charge in [0.1, 0.15) is 6.04 Å². The Hall–Kier alpha value is -2.10. The molecule has 3 aliphatic heterocycles. The predicted molar refractivity (Wildman–Crippen MR) is 154 cm³/mol. The number of hydrogen-bond acceptors (Lipinski definition) is 6. The van der Waals surface area contributed by atoms with E-state index in [1.165, 1.54) is 0 Å². The summed E-state index contributed by atoms with van der Waals surface area (Å²) in [7, 11) is 0. The van der Waals surface area contributed by atoms with Crippen LogP contribution < -0.4 is 4.90 Å². The minimum atomic E-state index is -0.838. The summed E-state index contributed by atoms with van der Waals surface area (Å²) in [4.78, 5) is 45.3. The van der Waals surface area contributed by atoms with Crippen molar-refractivity contribution in [2.75, 3.05) is 24.7 Å². The van der Waals surface area contributed by atoms with Crippen LogP contribution in [0.5, 0.6) is 0 Å². The zero-order chi connectivity index (χ0) is 27.8. The number of benzene rings is 1. The highest BCUT2D eigenvalue weighted by atomic mass is 79.9. The molecule has 3 fully saturated rings. The fraction of sp³-hybridized carbons (Fsp3) is 0.552. The van der Waals surface area contributed by atoms with E-state index in [-0.39, 0.29) is 41.6 Å². The summed E-state index contributed by atoms with van der Waals surface area (Å²) in [6.45, 7) is 13.5. The van der Waals surface area contributed by atoms with Gasteiger partial charge in [-0.1, -0.05) is 46.3 Å². The monoisotopic (exact) mass is 604 g/mol. The van der Waals surface area contributed by atoms with E-state index in [9.17, 15) is 19.5 Å². The highest BCUT2D eigenvalue weighted by Gasteiger charge is 2.76. The number of nitrogens with zero attached hydrogens (tertiary/aromatic N) is 2. The summed E-state index contributed by atoms with van der Waals surface area (Å²) in [6, 6.07) is 4.45. The molecule has 7 atom stereocenters. The third-order valence-electron chi connectivity index (χ3n) is 8.06. The Labute approximate surface area is 237 Å². The lowest BCUT2D eigenvalue weighted by molar-refractivity contribution is -0.154. The minimum absolute atomic E-state index is 0.0463. The van der Waals surface area contributed by atoms with Gasteiger partial charge in [-0.3, -0.25) is 14.4 Å². The van der Waals surface area contributed by atoms with Crippen molar-refractivity contribution in [3.8, 4) is 0 Å². The van der Waals surface area contributed by atoms with Crippen molar-refractivity contribution in [2.45, 2.75) is 66.9 Å². The maximum atomic E-state index is 14.6. The van der Waals surface area contributed by atoms with Gasteiger partial charge in [0, 0.05) is 22.3 Å². The first kappa shape index (κ1) is 28.9. The van der Waals surface area contributed by atoms with Crippen LogP contribution in [0.2, 0.25) is 0 Å². The number of amides is 2. The summed E-state index contributed by atoms with van der Waals surface area (Å²) in [5.41, 5.74) is 2.69. The smallest absolute Gasteiger partial charge is 0.310 e. The number of likely N-dealkylation sites (tertiary alicyclic amines) is 1. The highest BCUT2D eigenvalue weighted by Crippen LogP contribution is 2.68. The number of aliphatic hydroxyl groups excluding tert-OH is 1. The standard InChI is InChI=1S/C29H37BrN2O5S/c1-6-8-9-14-37-28(36)21-22-26(34)32(19(5)16-33)25(29(22)15-20(30)24(21)38-29)27(35)31(13-7-2)23-17(3)11-10-12-18(23)4/h6-7,10-12,19-22,24-25,33H,1-2,8-9,13-16H2,3-5H3/t19-,20?,21-,22+,24-,25?,29?/m1/s1. The van der Waals surface area contributed by atoms with Gasteiger partial charge in [-0.05, 0) is 51.2 Å². The van der Waals surface area contributed by atoms with E-state index in [0.29, 0.717) is 12.8 Å². The van der Waals surface area contributed by atoms with Crippen molar-refractivity contribution >= 4 is 51.2 Å². The molecule has 0 aliphatic carbocycles. The molecule has 1 aromatic rings. The third-order valence-corrected chi connectivity index (χ3v) is 11.3. The van der Waals surface area contributed by atoms with Gasteiger partial charge in [0.2, 0.25) is 5.91 Å². The van der Waals surface area contributed by atoms with E-state index in [2.05, 4.69) is 29.1 Å². The van der Waals surface area contributed by atoms with E-state index in [0.717, 1.165) is 23.2 Å². The Morgan fingerprint density at radius 3 is 2.61 bits per heavy atom. The summed E-state index contributed by atoms with van der Waals surface area (Å²) in [6.07, 6.45) is 5.44. The number of fused-ring (bicyclic) bond motifs is 1. The average Bonchev–Trinajstić information content (AvgIpc) is 3.48. The van der Waals surface area contributed by atoms with Crippen molar-refractivity contribution in [2.24, 2.45) is 11.8 Å². The van der Waals surface area contributed by atoms with Gasteiger partial charge in [-0.25, -0.2) is 0 Å². The first-order valence-electron chi connectivity index (χ1n) is 13.2. The fourth-order valence-electron chi connectivity index (χ4n) is 6.47. The molecule has 1 spiro atoms. The number of carbonyl (C=O) groups is 3. The first-order valence-corrected chi connectivity index (χ1v) is 14.9.